The maximum atomic E-state index is 13.0. The second-order valence-electron chi connectivity index (χ2n) is 8.81. The number of nitrogens with zero attached hydrogens (tertiary/aromatic N) is 2. The third kappa shape index (κ3) is 5.23. The van der Waals surface area contributed by atoms with Gasteiger partial charge in [0, 0.05) is 25.8 Å². The number of rotatable bonds is 7. The summed E-state index contributed by atoms with van der Waals surface area (Å²) >= 11 is 0. The molecule has 0 spiro atoms. The number of anilines is 2. The molecule has 10 heteroatoms. The third-order valence-electron chi connectivity index (χ3n) is 6.52. The molecule has 4 rings (SSSR count). The molecule has 2 fully saturated rings. The number of hydrogen-bond acceptors (Lipinski definition) is 5. The zero-order chi connectivity index (χ0) is 23.8. The van der Waals surface area contributed by atoms with E-state index in [4.69, 9.17) is 0 Å². The summed E-state index contributed by atoms with van der Waals surface area (Å²) in [5.74, 6) is 0.956. The zero-order valence-electron chi connectivity index (χ0n) is 18.8. The van der Waals surface area contributed by atoms with Gasteiger partial charge in [-0.25, -0.2) is 16.8 Å². The van der Waals surface area contributed by atoms with E-state index in [1.807, 2.05) is 0 Å². The van der Waals surface area contributed by atoms with Crippen LogP contribution in [0.25, 0.3) is 0 Å². The van der Waals surface area contributed by atoms with E-state index in [0.717, 1.165) is 29.3 Å². The largest absolute Gasteiger partial charge is 0.322 e. The van der Waals surface area contributed by atoms with Crippen LogP contribution in [0, 0.1) is 11.8 Å². The molecule has 1 saturated heterocycles. The minimum Gasteiger partial charge on any atom is -0.322 e. The topological polar surface area (TPSA) is 104 Å². The van der Waals surface area contributed by atoms with E-state index in [1.165, 1.54) is 38.1 Å². The van der Waals surface area contributed by atoms with Crippen molar-refractivity contribution < 1.29 is 21.6 Å². The lowest BCUT2D eigenvalue weighted by Crippen LogP contribution is -2.38. The first kappa shape index (κ1) is 23.7. The molecule has 1 aliphatic carbocycles. The highest BCUT2D eigenvalue weighted by Gasteiger charge is 2.36. The second-order valence-corrected chi connectivity index (χ2v) is 12.8. The number of piperidine rings is 1. The van der Waals surface area contributed by atoms with E-state index in [1.54, 1.807) is 34.6 Å². The van der Waals surface area contributed by atoms with Crippen LogP contribution < -0.4 is 9.62 Å². The summed E-state index contributed by atoms with van der Waals surface area (Å²) < 4.78 is 52.5. The molecule has 1 aliphatic heterocycles. The number of hydrogen-bond donors (Lipinski definition) is 1. The highest BCUT2D eigenvalue weighted by molar-refractivity contribution is 7.92. The Balaban J connectivity index is 1.45. The molecule has 2 aliphatic rings. The van der Waals surface area contributed by atoms with E-state index in [0.29, 0.717) is 24.7 Å². The normalized spacial score (nSPS) is 18.1. The fourth-order valence-corrected chi connectivity index (χ4v) is 6.32. The summed E-state index contributed by atoms with van der Waals surface area (Å²) in [5, 5.41) is 2.72. The molecule has 0 radical (unpaired) electrons. The number of amides is 1. The fourth-order valence-electron chi connectivity index (χ4n) is 4.33. The van der Waals surface area contributed by atoms with E-state index in [-0.39, 0.29) is 16.1 Å². The number of carbonyl (C=O) groups is 1. The van der Waals surface area contributed by atoms with Gasteiger partial charge < -0.3 is 5.32 Å². The summed E-state index contributed by atoms with van der Waals surface area (Å²) in [7, 11) is -5.73. The van der Waals surface area contributed by atoms with Crippen molar-refractivity contribution in [3.8, 4) is 0 Å². The maximum absolute atomic E-state index is 13.0. The van der Waals surface area contributed by atoms with Gasteiger partial charge in [-0.15, -0.1) is 0 Å². The van der Waals surface area contributed by atoms with Crippen LogP contribution >= 0.6 is 0 Å². The average molecular weight is 492 g/mol. The van der Waals surface area contributed by atoms with Crippen LogP contribution in [-0.4, -0.2) is 53.4 Å². The van der Waals surface area contributed by atoms with Gasteiger partial charge in [-0.05, 0) is 73.9 Å². The van der Waals surface area contributed by atoms with E-state index in [2.05, 4.69) is 5.32 Å². The molecule has 0 atom stereocenters. The van der Waals surface area contributed by atoms with Crippen LogP contribution in [0.3, 0.4) is 0 Å². The first-order chi connectivity index (χ1) is 15.6. The Morgan fingerprint density at radius 1 is 0.909 bits per heavy atom. The van der Waals surface area contributed by atoms with Gasteiger partial charge in [0.2, 0.25) is 20.0 Å². The van der Waals surface area contributed by atoms with Crippen molar-refractivity contribution in [2.45, 2.75) is 30.6 Å². The van der Waals surface area contributed by atoms with Crippen molar-refractivity contribution in [2.24, 2.45) is 11.8 Å². The summed E-state index contributed by atoms with van der Waals surface area (Å²) in [5.41, 5.74) is 0.871. The lowest BCUT2D eigenvalue weighted by atomic mass is 9.93. The summed E-state index contributed by atoms with van der Waals surface area (Å²) in [6, 6.07) is 12.5. The van der Waals surface area contributed by atoms with Gasteiger partial charge in [0.15, 0.2) is 0 Å². The second kappa shape index (κ2) is 9.08. The van der Waals surface area contributed by atoms with Gasteiger partial charge in [-0.1, -0.05) is 12.1 Å². The minimum absolute atomic E-state index is 0.195. The van der Waals surface area contributed by atoms with Gasteiger partial charge in [0.05, 0.1) is 22.4 Å². The number of nitrogens with one attached hydrogen (secondary N) is 1. The van der Waals surface area contributed by atoms with Crippen LogP contribution in [0.15, 0.2) is 53.4 Å². The first-order valence-electron chi connectivity index (χ1n) is 11.0. The van der Waals surface area contributed by atoms with Gasteiger partial charge in [0.25, 0.3) is 5.91 Å². The van der Waals surface area contributed by atoms with Gasteiger partial charge >= 0.3 is 0 Å². The molecule has 8 nitrogen and oxygen atoms in total. The number of benzene rings is 2. The van der Waals surface area contributed by atoms with E-state index < -0.39 is 26.0 Å². The Bertz CT molecular complexity index is 1230. The smallest absolute Gasteiger partial charge is 0.257 e. The molecule has 1 amide bonds. The Hall–Kier alpha value is -2.43. The monoisotopic (exact) mass is 491 g/mol. The van der Waals surface area contributed by atoms with Crippen molar-refractivity contribution in [2.75, 3.05) is 36.0 Å². The molecular formula is C23H29N3O5S2. The highest BCUT2D eigenvalue weighted by atomic mass is 32.2. The van der Waals surface area contributed by atoms with Crippen LogP contribution in [0.2, 0.25) is 0 Å². The van der Waals surface area contributed by atoms with Gasteiger partial charge in [0.1, 0.15) is 0 Å². The molecular weight excluding hydrogens is 462 g/mol. The average Bonchev–Trinajstić information content (AvgIpc) is 3.64. The predicted octanol–water partition coefficient (Wildman–Crippen LogP) is 3.15. The van der Waals surface area contributed by atoms with E-state index >= 15 is 0 Å². The molecule has 1 saturated carbocycles. The van der Waals surface area contributed by atoms with E-state index in [9.17, 15) is 21.6 Å². The predicted molar refractivity (Wildman–Crippen MR) is 128 cm³/mol. The molecule has 2 aromatic rings. The Kier molecular flexibility index (Phi) is 6.52. The van der Waals surface area contributed by atoms with Gasteiger partial charge in [-0.3, -0.25) is 9.10 Å². The molecule has 2 aromatic carbocycles. The number of para-hydroxylation sites is 1. The van der Waals surface area contributed by atoms with Crippen molar-refractivity contribution in [1.82, 2.24) is 4.31 Å². The summed E-state index contributed by atoms with van der Waals surface area (Å²) in [4.78, 5) is 13.0. The Morgan fingerprint density at radius 3 is 2.06 bits per heavy atom. The van der Waals surface area contributed by atoms with Crippen LogP contribution in [0.1, 0.15) is 36.0 Å². The Morgan fingerprint density at radius 2 is 1.48 bits per heavy atom. The first-order valence-corrected chi connectivity index (χ1v) is 14.3. The van der Waals surface area contributed by atoms with Gasteiger partial charge in [-0.2, -0.15) is 4.31 Å². The van der Waals surface area contributed by atoms with Crippen molar-refractivity contribution in [3.63, 3.8) is 0 Å². The molecule has 1 heterocycles. The summed E-state index contributed by atoms with van der Waals surface area (Å²) in [6.07, 6.45) is 5.45. The minimum atomic E-state index is -3.58. The third-order valence-corrected chi connectivity index (χ3v) is 9.63. The Labute approximate surface area is 195 Å². The van der Waals surface area contributed by atoms with Crippen LogP contribution in [0.4, 0.5) is 11.4 Å². The number of sulfonamides is 2. The number of carbonyl (C=O) groups excluding carboxylic acids is 1. The standard InChI is InChI=1S/C23H29N3O5S2/c1-25(32(2,28)29)22-6-4-3-5-21(22)23(27)24-19-9-11-20(12-10-19)33(30,31)26-15-13-18(14-16-26)17-7-8-17/h3-6,9-12,17-18H,7-8,13-16H2,1-2H3,(H,24,27). The molecule has 33 heavy (non-hydrogen) atoms. The molecule has 0 aromatic heterocycles. The quantitative estimate of drug-likeness (QED) is 0.641. The molecule has 0 bridgehead atoms. The molecule has 1 N–H and O–H groups in total. The van der Waals surface area contributed by atoms with Crippen molar-refractivity contribution >= 4 is 37.3 Å². The fraction of sp³-hybridized carbons (Fsp3) is 0.435. The lowest BCUT2D eigenvalue weighted by Gasteiger charge is -2.31. The zero-order valence-corrected chi connectivity index (χ0v) is 20.4. The lowest BCUT2D eigenvalue weighted by molar-refractivity contribution is 0.102. The van der Waals surface area contributed by atoms with Crippen LogP contribution in [-0.2, 0) is 20.0 Å². The van der Waals surface area contributed by atoms with Crippen molar-refractivity contribution in [3.05, 3.63) is 54.1 Å². The SMILES string of the molecule is CN(c1ccccc1C(=O)Nc1ccc(S(=O)(=O)N2CCC(C3CC3)CC2)cc1)S(C)(=O)=O. The molecule has 178 valence electrons. The van der Waals surface area contributed by atoms with Crippen LogP contribution in [0.5, 0.6) is 0 Å². The molecule has 0 unspecified atom stereocenters. The summed E-state index contributed by atoms with van der Waals surface area (Å²) in [6.45, 7) is 1.10. The van der Waals surface area contributed by atoms with Crippen molar-refractivity contribution in [1.29, 1.82) is 0 Å². The highest BCUT2D eigenvalue weighted by Crippen LogP contribution is 2.42. The maximum Gasteiger partial charge on any atom is 0.257 e.